The molecule has 1 amide bonds. The topological polar surface area (TPSA) is 29.5 Å². The van der Waals surface area contributed by atoms with Crippen LogP contribution in [0.15, 0.2) is 72.1 Å². The molecule has 5 heteroatoms. The van der Waals surface area contributed by atoms with Gasteiger partial charge < -0.3 is 9.64 Å². The minimum atomic E-state index is 0.0572. The molecule has 0 aliphatic carbocycles. The van der Waals surface area contributed by atoms with Crippen molar-refractivity contribution in [2.75, 3.05) is 12.3 Å². The number of ether oxygens (including phenoxy) is 1. The molecule has 0 radical (unpaired) electrons. The molecule has 132 valence electrons. The van der Waals surface area contributed by atoms with E-state index < -0.39 is 0 Å². The van der Waals surface area contributed by atoms with E-state index in [2.05, 4.69) is 6.07 Å². The zero-order chi connectivity index (χ0) is 17.8. The summed E-state index contributed by atoms with van der Waals surface area (Å²) in [6.07, 6.45) is 0.481. The maximum atomic E-state index is 12.8. The summed E-state index contributed by atoms with van der Waals surface area (Å²) in [5.41, 5.74) is 1.11. The number of amides is 1. The van der Waals surface area contributed by atoms with Crippen molar-refractivity contribution < 1.29 is 9.53 Å². The second-order valence-corrected chi connectivity index (χ2v) is 8.27. The summed E-state index contributed by atoms with van der Waals surface area (Å²) in [7, 11) is 0. The van der Waals surface area contributed by atoms with Gasteiger partial charge in [-0.15, -0.1) is 23.1 Å². The molecule has 1 aliphatic rings. The summed E-state index contributed by atoms with van der Waals surface area (Å²) >= 11 is 3.45. The summed E-state index contributed by atoms with van der Waals surface area (Å²) < 4.78 is 5.95. The number of thioether (sulfide) groups is 1. The number of nitrogens with zero attached hydrogens (tertiary/aromatic N) is 1. The lowest BCUT2D eigenvalue weighted by molar-refractivity contribution is -0.130. The standard InChI is InChI=1S/C21H19NO2S2/c23-20(15-19-10-5-12-25-19)22-11-13-26-21(22)16-6-4-9-18(14-16)24-17-7-2-1-3-8-17/h1-10,12,14,21H,11,13,15H2. The van der Waals surface area contributed by atoms with Crippen molar-refractivity contribution in [3.63, 3.8) is 0 Å². The molecule has 26 heavy (non-hydrogen) atoms. The summed E-state index contributed by atoms with van der Waals surface area (Å²) in [5, 5.41) is 2.07. The molecule has 2 heterocycles. The molecule has 1 aromatic heterocycles. The van der Waals surface area contributed by atoms with Crippen molar-refractivity contribution in [3.05, 3.63) is 82.6 Å². The fourth-order valence-electron chi connectivity index (χ4n) is 3.02. The molecule has 0 N–H and O–H groups in total. The number of rotatable bonds is 5. The van der Waals surface area contributed by atoms with E-state index in [1.165, 1.54) is 0 Å². The van der Waals surface area contributed by atoms with Crippen molar-refractivity contribution in [2.24, 2.45) is 0 Å². The Morgan fingerprint density at radius 2 is 1.88 bits per heavy atom. The van der Waals surface area contributed by atoms with E-state index in [0.29, 0.717) is 6.42 Å². The summed E-state index contributed by atoms with van der Waals surface area (Å²) in [6, 6.07) is 21.8. The Kier molecular flexibility index (Phi) is 5.27. The van der Waals surface area contributed by atoms with Gasteiger partial charge in [0, 0.05) is 17.2 Å². The first-order chi connectivity index (χ1) is 12.8. The van der Waals surface area contributed by atoms with E-state index >= 15 is 0 Å². The molecule has 2 aromatic carbocycles. The number of carbonyl (C=O) groups excluding carboxylic acids is 1. The highest BCUT2D eigenvalue weighted by Gasteiger charge is 2.30. The van der Waals surface area contributed by atoms with E-state index in [1.807, 2.05) is 82.7 Å². The van der Waals surface area contributed by atoms with Crippen LogP contribution in [0.25, 0.3) is 0 Å². The normalized spacial score (nSPS) is 16.6. The Labute approximate surface area is 161 Å². The number of thiophene rings is 1. The first-order valence-electron chi connectivity index (χ1n) is 8.56. The summed E-state index contributed by atoms with van der Waals surface area (Å²) in [5.74, 6) is 2.77. The van der Waals surface area contributed by atoms with E-state index in [1.54, 1.807) is 11.3 Å². The first kappa shape index (κ1) is 17.2. The van der Waals surface area contributed by atoms with Gasteiger partial charge in [0.2, 0.25) is 5.91 Å². The van der Waals surface area contributed by atoms with Gasteiger partial charge in [0.1, 0.15) is 16.9 Å². The van der Waals surface area contributed by atoms with Gasteiger partial charge in [0.05, 0.1) is 6.42 Å². The van der Waals surface area contributed by atoms with E-state index in [4.69, 9.17) is 4.74 Å². The zero-order valence-electron chi connectivity index (χ0n) is 14.2. The third kappa shape index (κ3) is 3.94. The average Bonchev–Trinajstić information content (AvgIpc) is 3.34. The van der Waals surface area contributed by atoms with Crippen LogP contribution in [-0.4, -0.2) is 23.1 Å². The van der Waals surface area contributed by atoms with Crippen molar-refractivity contribution in [2.45, 2.75) is 11.8 Å². The summed E-state index contributed by atoms with van der Waals surface area (Å²) in [4.78, 5) is 15.9. The van der Waals surface area contributed by atoms with E-state index in [0.717, 1.165) is 34.2 Å². The molecule has 1 atom stereocenters. The molecule has 1 fully saturated rings. The van der Waals surface area contributed by atoms with Gasteiger partial charge >= 0.3 is 0 Å². The third-order valence-corrected chi connectivity index (χ3v) is 6.38. The van der Waals surface area contributed by atoms with Crippen LogP contribution in [0.4, 0.5) is 0 Å². The monoisotopic (exact) mass is 381 g/mol. The number of carbonyl (C=O) groups is 1. The molecule has 0 bridgehead atoms. The van der Waals surface area contributed by atoms with Gasteiger partial charge in [-0.05, 0) is 41.3 Å². The van der Waals surface area contributed by atoms with Crippen LogP contribution in [0, 0.1) is 0 Å². The Morgan fingerprint density at radius 1 is 1.04 bits per heavy atom. The van der Waals surface area contributed by atoms with Gasteiger partial charge in [-0.1, -0.05) is 36.4 Å². The molecule has 1 unspecified atom stereocenters. The highest BCUT2D eigenvalue weighted by molar-refractivity contribution is 7.99. The Morgan fingerprint density at radius 3 is 2.69 bits per heavy atom. The Balaban J connectivity index is 1.50. The minimum Gasteiger partial charge on any atom is -0.457 e. The van der Waals surface area contributed by atoms with Gasteiger partial charge in [0.25, 0.3) is 0 Å². The molecule has 0 saturated carbocycles. The molecular formula is C21H19NO2S2. The second-order valence-electron chi connectivity index (χ2n) is 6.05. The maximum absolute atomic E-state index is 12.8. The van der Waals surface area contributed by atoms with E-state index in [9.17, 15) is 4.79 Å². The van der Waals surface area contributed by atoms with Crippen LogP contribution in [0.3, 0.4) is 0 Å². The van der Waals surface area contributed by atoms with Crippen molar-refractivity contribution in [3.8, 4) is 11.5 Å². The third-order valence-electron chi connectivity index (χ3n) is 4.24. The van der Waals surface area contributed by atoms with Gasteiger partial charge in [0.15, 0.2) is 0 Å². The zero-order valence-corrected chi connectivity index (χ0v) is 15.8. The van der Waals surface area contributed by atoms with Crippen LogP contribution in [-0.2, 0) is 11.2 Å². The van der Waals surface area contributed by atoms with Crippen molar-refractivity contribution >= 4 is 29.0 Å². The van der Waals surface area contributed by atoms with Crippen LogP contribution >= 0.6 is 23.1 Å². The predicted octanol–water partition coefficient (Wildman–Crippen LogP) is 5.36. The molecule has 1 aliphatic heterocycles. The quantitative estimate of drug-likeness (QED) is 0.596. The van der Waals surface area contributed by atoms with Gasteiger partial charge in [-0.2, -0.15) is 0 Å². The molecule has 3 nitrogen and oxygen atoms in total. The van der Waals surface area contributed by atoms with Crippen molar-refractivity contribution in [1.82, 2.24) is 4.90 Å². The maximum Gasteiger partial charge on any atom is 0.229 e. The highest BCUT2D eigenvalue weighted by atomic mass is 32.2. The predicted molar refractivity (Wildman–Crippen MR) is 108 cm³/mol. The second kappa shape index (κ2) is 7.98. The average molecular weight is 382 g/mol. The lowest BCUT2D eigenvalue weighted by Crippen LogP contribution is -2.31. The largest absolute Gasteiger partial charge is 0.457 e. The lowest BCUT2D eigenvalue weighted by atomic mass is 10.2. The first-order valence-corrected chi connectivity index (χ1v) is 10.5. The van der Waals surface area contributed by atoms with Gasteiger partial charge in [-0.25, -0.2) is 0 Å². The SMILES string of the molecule is O=C(Cc1cccs1)N1CCSC1c1cccc(Oc2ccccc2)c1. The molecule has 1 saturated heterocycles. The molecular weight excluding hydrogens is 362 g/mol. The number of benzene rings is 2. The van der Waals surface area contributed by atoms with Crippen molar-refractivity contribution in [1.29, 1.82) is 0 Å². The number of para-hydroxylation sites is 1. The van der Waals surface area contributed by atoms with Crippen LogP contribution in [0.2, 0.25) is 0 Å². The number of hydrogen-bond acceptors (Lipinski definition) is 4. The fraction of sp³-hybridized carbons (Fsp3) is 0.190. The molecule has 4 rings (SSSR count). The van der Waals surface area contributed by atoms with Crippen LogP contribution < -0.4 is 4.74 Å². The fourth-order valence-corrected chi connectivity index (χ4v) is 4.98. The minimum absolute atomic E-state index is 0.0572. The van der Waals surface area contributed by atoms with E-state index in [-0.39, 0.29) is 11.3 Å². The Hall–Kier alpha value is -2.24. The summed E-state index contributed by atoms with van der Waals surface area (Å²) in [6.45, 7) is 0.795. The smallest absolute Gasteiger partial charge is 0.229 e. The number of hydrogen-bond donors (Lipinski definition) is 0. The van der Waals surface area contributed by atoms with Crippen LogP contribution in [0.1, 0.15) is 15.8 Å². The van der Waals surface area contributed by atoms with Crippen LogP contribution in [0.5, 0.6) is 11.5 Å². The molecule has 0 spiro atoms. The lowest BCUT2D eigenvalue weighted by Gasteiger charge is -2.24. The van der Waals surface area contributed by atoms with Gasteiger partial charge in [-0.3, -0.25) is 4.79 Å². The highest BCUT2D eigenvalue weighted by Crippen LogP contribution is 2.39. The molecule has 3 aromatic rings. The Bertz CT molecular complexity index is 865.